The van der Waals surface area contributed by atoms with Crippen LogP contribution >= 0.6 is 0 Å². The molecule has 0 radical (unpaired) electrons. The molecule has 1 atom stereocenters. The van der Waals surface area contributed by atoms with Crippen LogP contribution < -0.4 is 10.5 Å². The Labute approximate surface area is 120 Å². The van der Waals surface area contributed by atoms with E-state index in [0.29, 0.717) is 0 Å². The van der Waals surface area contributed by atoms with Gasteiger partial charge in [0.05, 0.1) is 7.11 Å². The van der Waals surface area contributed by atoms with Gasteiger partial charge in [-0.15, -0.1) is 0 Å². The molecule has 0 aliphatic rings. The van der Waals surface area contributed by atoms with Crippen molar-refractivity contribution in [3.05, 3.63) is 65.2 Å². The molecule has 0 bridgehead atoms. The highest BCUT2D eigenvalue weighted by Crippen LogP contribution is 2.18. The van der Waals surface area contributed by atoms with Crippen molar-refractivity contribution in [3.8, 4) is 17.6 Å². The normalized spacial score (nSPS) is 11.3. The minimum atomic E-state index is 0.0966. The quantitative estimate of drug-likeness (QED) is 0.866. The van der Waals surface area contributed by atoms with Gasteiger partial charge in [-0.05, 0) is 49.2 Å². The standard InChI is InChI=1S/C18H19NO/c1-14(19)12-17-13-18(20-2)11-10-16(17)9-8-15-6-4-3-5-7-15/h3-7,10-11,13-14H,12,19H2,1-2H3. The van der Waals surface area contributed by atoms with Crippen LogP contribution in [0.25, 0.3) is 0 Å². The lowest BCUT2D eigenvalue weighted by molar-refractivity contribution is 0.414. The third-order valence-corrected chi connectivity index (χ3v) is 2.97. The van der Waals surface area contributed by atoms with E-state index in [1.54, 1.807) is 7.11 Å². The summed E-state index contributed by atoms with van der Waals surface area (Å²) in [5.41, 5.74) is 9.05. The maximum atomic E-state index is 5.90. The topological polar surface area (TPSA) is 35.2 Å². The lowest BCUT2D eigenvalue weighted by Crippen LogP contribution is -2.18. The van der Waals surface area contributed by atoms with Crippen molar-refractivity contribution in [3.63, 3.8) is 0 Å². The molecule has 0 aliphatic carbocycles. The third kappa shape index (κ3) is 3.88. The summed E-state index contributed by atoms with van der Waals surface area (Å²) in [6, 6.07) is 16.0. The Bertz CT molecular complexity index is 621. The van der Waals surface area contributed by atoms with Gasteiger partial charge in [-0.2, -0.15) is 0 Å². The van der Waals surface area contributed by atoms with E-state index < -0.39 is 0 Å². The van der Waals surface area contributed by atoms with Gasteiger partial charge >= 0.3 is 0 Å². The third-order valence-electron chi connectivity index (χ3n) is 2.97. The number of methoxy groups -OCH3 is 1. The van der Waals surface area contributed by atoms with Gasteiger partial charge in [0.2, 0.25) is 0 Å². The second kappa shape index (κ2) is 6.79. The van der Waals surface area contributed by atoms with Crippen LogP contribution in [0.2, 0.25) is 0 Å². The Hall–Kier alpha value is -2.24. The summed E-state index contributed by atoms with van der Waals surface area (Å²) in [5.74, 6) is 7.24. The van der Waals surface area contributed by atoms with E-state index in [1.165, 1.54) is 0 Å². The molecule has 0 saturated heterocycles. The summed E-state index contributed by atoms with van der Waals surface area (Å²) in [6.07, 6.45) is 0.788. The highest BCUT2D eigenvalue weighted by molar-refractivity contribution is 5.49. The van der Waals surface area contributed by atoms with Crippen molar-refractivity contribution in [1.29, 1.82) is 0 Å². The van der Waals surface area contributed by atoms with E-state index in [4.69, 9.17) is 10.5 Å². The van der Waals surface area contributed by atoms with E-state index in [2.05, 4.69) is 11.8 Å². The molecule has 2 aromatic rings. The second-order valence-corrected chi connectivity index (χ2v) is 4.82. The molecule has 0 aromatic heterocycles. The predicted octanol–water partition coefficient (Wildman–Crippen LogP) is 2.98. The molecule has 2 heteroatoms. The van der Waals surface area contributed by atoms with Crippen LogP contribution in [0.1, 0.15) is 23.6 Å². The Morgan fingerprint density at radius 3 is 2.50 bits per heavy atom. The molecular formula is C18H19NO. The first-order valence-electron chi connectivity index (χ1n) is 6.68. The fraction of sp³-hybridized carbons (Fsp3) is 0.222. The van der Waals surface area contributed by atoms with Gasteiger partial charge < -0.3 is 10.5 Å². The number of hydrogen-bond acceptors (Lipinski definition) is 2. The minimum absolute atomic E-state index is 0.0966. The molecule has 0 fully saturated rings. The molecule has 2 aromatic carbocycles. The van der Waals surface area contributed by atoms with Crippen LogP contribution in [0.3, 0.4) is 0 Å². The summed E-state index contributed by atoms with van der Waals surface area (Å²) in [5, 5.41) is 0. The molecule has 0 aliphatic heterocycles. The lowest BCUT2D eigenvalue weighted by Gasteiger charge is -2.09. The number of rotatable bonds is 3. The van der Waals surface area contributed by atoms with Crippen LogP contribution in [0, 0.1) is 11.8 Å². The first kappa shape index (κ1) is 14.2. The molecule has 20 heavy (non-hydrogen) atoms. The van der Waals surface area contributed by atoms with Crippen molar-refractivity contribution in [2.75, 3.05) is 7.11 Å². The van der Waals surface area contributed by atoms with Gasteiger partial charge in [0.25, 0.3) is 0 Å². The van der Waals surface area contributed by atoms with Crippen molar-refractivity contribution >= 4 is 0 Å². The maximum absolute atomic E-state index is 5.90. The SMILES string of the molecule is COc1ccc(C#Cc2ccccc2)c(CC(C)N)c1. The average molecular weight is 265 g/mol. The molecule has 0 heterocycles. The number of benzene rings is 2. The molecule has 1 unspecified atom stereocenters. The Morgan fingerprint density at radius 1 is 1.10 bits per heavy atom. The highest BCUT2D eigenvalue weighted by Gasteiger charge is 2.05. The predicted molar refractivity (Wildman–Crippen MR) is 82.8 cm³/mol. The zero-order chi connectivity index (χ0) is 14.4. The van der Waals surface area contributed by atoms with Gasteiger partial charge in [-0.3, -0.25) is 0 Å². The summed E-state index contributed by atoms with van der Waals surface area (Å²) in [4.78, 5) is 0. The summed E-state index contributed by atoms with van der Waals surface area (Å²) in [7, 11) is 1.67. The molecule has 2 rings (SSSR count). The number of hydrogen-bond donors (Lipinski definition) is 1. The zero-order valence-electron chi connectivity index (χ0n) is 11.9. The monoisotopic (exact) mass is 265 g/mol. The Morgan fingerprint density at radius 2 is 1.85 bits per heavy atom. The molecule has 0 amide bonds. The fourth-order valence-corrected chi connectivity index (χ4v) is 2.00. The van der Waals surface area contributed by atoms with Crippen molar-refractivity contribution < 1.29 is 4.74 Å². The van der Waals surface area contributed by atoms with E-state index in [-0.39, 0.29) is 6.04 Å². The van der Waals surface area contributed by atoms with E-state index in [0.717, 1.165) is 28.9 Å². The average Bonchev–Trinajstić information content (AvgIpc) is 2.46. The van der Waals surface area contributed by atoms with Crippen LogP contribution in [0.5, 0.6) is 5.75 Å². The van der Waals surface area contributed by atoms with Crippen LogP contribution in [-0.2, 0) is 6.42 Å². The molecule has 0 spiro atoms. The van der Waals surface area contributed by atoms with E-state index in [1.807, 2.05) is 55.5 Å². The van der Waals surface area contributed by atoms with Gasteiger partial charge in [0, 0.05) is 17.2 Å². The Kier molecular flexibility index (Phi) is 4.81. The fourth-order valence-electron chi connectivity index (χ4n) is 2.00. The zero-order valence-corrected chi connectivity index (χ0v) is 11.9. The lowest BCUT2D eigenvalue weighted by atomic mass is 10.0. The first-order valence-corrected chi connectivity index (χ1v) is 6.68. The molecular weight excluding hydrogens is 246 g/mol. The number of nitrogens with two attached hydrogens (primary N) is 1. The van der Waals surface area contributed by atoms with Gasteiger partial charge in [-0.1, -0.05) is 30.0 Å². The largest absolute Gasteiger partial charge is 0.497 e. The van der Waals surface area contributed by atoms with E-state index in [9.17, 15) is 0 Å². The van der Waals surface area contributed by atoms with Crippen molar-refractivity contribution in [2.45, 2.75) is 19.4 Å². The molecule has 0 saturated carbocycles. The second-order valence-electron chi connectivity index (χ2n) is 4.82. The van der Waals surface area contributed by atoms with Crippen LogP contribution in [-0.4, -0.2) is 13.2 Å². The molecule has 2 N–H and O–H groups in total. The molecule has 2 nitrogen and oxygen atoms in total. The summed E-state index contributed by atoms with van der Waals surface area (Å²) in [6.45, 7) is 1.99. The van der Waals surface area contributed by atoms with Crippen LogP contribution in [0.15, 0.2) is 48.5 Å². The number of ether oxygens (including phenoxy) is 1. The maximum Gasteiger partial charge on any atom is 0.119 e. The van der Waals surface area contributed by atoms with Crippen LogP contribution in [0.4, 0.5) is 0 Å². The van der Waals surface area contributed by atoms with Gasteiger partial charge in [0.15, 0.2) is 0 Å². The molecule has 102 valence electrons. The first-order chi connectivity index (χ1) is 9.69. The van der Waals surface area contributed by atoms with Gasteiger partial charge in [-0.25, -0.2) is 0 Å². The smallest absolute Gasteiger partial charge is 0.119 e. The van der Waals surface area contributed by atoms with Gasteiger partial charge in [0.1, 0.15) is 5.75 Å². The summed E-state index contributed by atoms with van der Waals surface area (Å²) < 4.78 is 5.27. The summed E-state index contributed by atoms with van der Waals surface area (Å²) >= 11 is 0. The van der Waals surface area contributed by atoms with Crippen molar-refractivity contribution in [2.24, 2.45) is 5.73 Å². The highest BCUT2D eigenvalue weighted by atomic mass is 16.5. The minimum Gasteiger partial charge on any atom is -0.497 e. The van der Waals surface area contributed by atoms with E-state index >= 15 is 0 Å². The Balaban J connectivity index is 2.33. The van der Waals surface area contributed by atoms with Crippen molar-refractivity contribution in [1.82, 2.24) is 0 Å².